The van der Waals surface area contributed by atoms with Gasteiger partial charge >= 0.3 is 503 Å². The molecular weight excluding hydrogens is 1360 g/mol. The van der Waals surface area contributed by atoms with Gasteiger partial charge < -0.3 is 197 Å². The second kappa shape index (κ2) is 2360. The Balaban J connectivity index is 0. The van der Waals surface area contributed by atoms with E-state index in [0.717, 1.165) is 0 Å². The number of rotatable bonds is 0. The van der Waals surface area contributed by atoms with Crippen LogP contribution < -0.4 is 0 Å². The first-order valence-electron chi connectivity index (χ1n) is 0. The van der Waals surface area contributed by atoms with Crippen LogP contribution in [0.15, 0.2) is 0 Å². The van der Waals surface area contributed by atoms with Gasteiger partial charge in [-0.25, -0.2) is 0 Å². The van der Waals surface area contributed by atoms with Gasteiger partial charge in [0.05, 0.1) is 0 Å². The van der Waals surface area contributed by atoms with E-state index in [-0.39, 0.29) is 701 Å². The minimum absolute atomic E-state index is 0. The first kappa shape index (κ1) is 2450. The van der Waals surface area contributed by atoms with Crippen molar-refractivity contribution in [2.75, 3.05) is 0 Å². The van der Waals surface area contributed by atoms with Gasteiger partial charge in [0, 0.05) is 0 Å². The predicted octanol–water partition coefficient (Wildman–Crippen LogP) is -40.7. The Morgan fingerprint density at radius 2 is 0.0308 bits per heavy atom. The molecule has 65 heavy (non-hydrogen) atoms. The summed E-state index contributed by atoms with van der Waals surface area (Å²) in [5, 5.41) is 0. The molecule has 0 aliphatic rings. The van der Waals surface area contributed by atoms with E-state index in [1.54, 1.807) is 0 Å². The van der Waals surface area contributed by atoms with E-state index in [0.29, 0.717) is 0 Å². The van der Waals surface area contributed by atoms with Crippen LogP contribution in [-0.2, 0) is 0 Å². The summed E-state index contributed by atoms with van der Waals surface area (Å²) in [6, 6.07) is 0. The zero-order valence-electron chi connectivity index (χ0n) is 34.7. The van der Waals surface area contributed by atoms with Crippen LogP contribution in [0.25, 0.3) is 0 Å². The molecule has 0 heterocycles. The molecule has 0 aliphatic carbocycles. The molecule has 0 fully saturated rings. The van der Waals surface area contributed by atoms with Crippen molar-refractivity contribution in [2.24, 2.45) is 0 Å². The van der Waals surface area contributed by atoms with Gasteiger partial charge in [-0.1, -0.05) is 0 Å². The Morgan fingerprint density at radius 1 is 0.0308 bits per heavy atom. The molecule has 0 rings (SSSR count). The molecule has 0 unspecified atom stereocenters. The summed E-state index contributed by atoms with van der Waals surface area (Å²) < 4.78 is 0. The fourth-order valence-electron chi connectivity index (χ4n) is 0. The monoisotopic (exact) mass is 1430 g/mol. The van der Waals surface area contributed by atoms with Crippen LogP contribution in [0.2, 0.25) is 0 Å². The summed E-state index contributed by atoms with van der Waals surface area (Å²) in [6.45, 7) is 0. The molecule has 0 radical (unpaired) electrons. The largest absolute Gasteiger partial charge is 3.00 e. The van der Waals surface area contributed by atoms with E-state index in [9.17, 15) is 0 Å². The van der Waals surface area contributed by atoms with E-state index >= 15 is 0 Å². The van der Waals surface area contributed by atoms with Gasteiger partial charge in [-0.15, -0.1) is 0 Å². The summed E-state index contributed by atoms with van der Waals surface area (Å²) in [5.41, 5.74) is 0. The fourth-order valence-corrected chi connectivity index (χ4v) is 0. The normalized spacial score (nSPS) is 0. The van der Waals surface area contributed by atoms with Crippen molar-refractivity contribution in [3.05, 3.63) is 0 Å². The maximum Gasteiger partial charge on any atom is 3.00 e. The zero-order valence-corrected chi connectivity index (χ0v) is 68.2. The summed E-state index contributed by atoms with van der Waals surface area (Å²) in [5.74, 6) is 0. The molecule has 65 heteroatoms. The van der Waals surface area contributed by atoms with Crippen LogP contribution in [0.3, 0.4) is 0 Å². The fraction of sp³-hybridized carbons (Fsp3) is 0. The van der Waals surface area contributed by atoms with Gasteiger partial charge in [0.25, 0.3) is 0 Å². The van der Waals surface area contributed by atoms with Crippen LogP contribution in [0.5, 0.6) is 0 Å². The quantitative estimate of drug-likeness (QED) is 0.204. The van der Waals surface area contributed by atoms with Gasteiger partial charge in [0.2, 0.25) is 0 Å². The third kappa shape index (κ3) is 2300. The summed E-state index contributed by atoms with van der Waals surface area (Å²) in [6.07, 6.45) is 0. The third-order valence-corrected chi connectivity index (χ3v) is 0. The SMILES string of the molecule is O.O.O.O.O.O.O.O.O.O.O.O.O.O.O.O.O.O.O.O.O.O.O.O.O.O.O.O.O.O.O.O.O.O.O.O.[Al+3].[Al+3].[Al+3].[Al+3].[Al+3].[Al+3].[Al+3].[Al+3].[Al+3].[Al+3].[Al+3].[Al+3].[Al+3].[Al+3].[Al+3].[Al+3].[Al+3].[Al+3].[Al+3].[Al+3].[Al+3].[Al+3].[Al+3].[Al+3].[Al+3].[Al+3].[Al+3].[Al+3].[Al+3]. The molecule has 36 nitrogen and oxygen atoms in total. The first-order valence-corrected chi connectivity index (χ1v) is 0. The Hall–Kier alpha value is 14.0. The van der Waals surface area contributed by atoms with E-state index in [2.05, 4.69) is 0 Å². The molecule has 0 aliphatic heterocycles. The maximum absolute atomic E-state index is 0. The summed E-state index contributed by atoms with van der Waals surface area (Å²) >= 11 is 0. The Kier molecular flexibility index (Phi) is 89000. The number of hydrogen-bond acceptors (Lipinski definition) is 0. The molecule has 0 aromatic rings. The molecule has 0 aromatic heterocycles. The first-order chi connectivity index (χ1) is 0. The van der Waals surface area contributed by atoms with Crippen LogP contribution in [0, 0.1) is 0 Å². The zero-order chi connectivity index (χ0) is 0. The molecule has 0 aromatic carbocycles. The van der Waals surface area contributed by atoms with Crippen LogP contribution in [0.1, 0.15) is 0 Å². The van der Waals surface area contributed by atoms with Crippen molar-refractivity contribution >= 4 is 503 Å². The van der Waals surface area contributed by atoms with Gasteiger partial charge in [-0.05, 0) is 0 Å². The topological polar surface area (TPSA) is 1130 Å². The molecule has 0 saturated heterocycles. The maximum atomic E-state index is 0. The second-order valence-corrected chi connectivity index (χ2v) is 0. The van der Waals surface area contributed by atoms with Crippen molar-refractivity contribution in [2.45, 2.75) is 0 Å². The van der Waals surface area contributed by atoms with Crippen molar-refractivity contribution in [3.63, 3.8) is 0 Å². The molecule has 0 saturated carbocycles. The van der Waals surface area contributed by atoms with Gasteiger partial charge in [0.15, 0.2) is 0 Å². The molecule has 0 spiro atoms. The van der Waals surface area contributed by atoms with Crippen molar-refractivity contribution in [1.29, 1.82) is 0 Å². The summed E-state index contributed by atoms with van der Waals surface area (Å²) in [4.78, 5) is 0. The van der Waals surface area contributed by atoms with Crippen molar-refractivity contribution < 1.29 is 197 Å². The average molecular weight is 1430 g/mol. The van der Waals surface area contributed by atoms with E-state index < -0.39 is 0 Å². The van der Waals surface area contributed by atoms with Crippen LogP contribution in [0.4, 0.5) is 0 Å². The van der Waals surface area contributed by atoms with E-state index in [1.807, 2.05) is 0 Å². The Bertz CT molecular complexity index is 64.5. The molecular formula is H72Al29O36+87. The Morgan fingerprint density at radius 3 is 0.0308 bits per heavy atom. The van der Waals surface area contributed by atoms with Gasteiger partial charge in [-0.2, -0.15) is 0 Å². The minimum atomic E-state index is 0. The van der Waals surface area contributed by atoms with Gasteiger partial charge in [-0.3, -0.25) is 0 Å². The smallest absolute Gasteiger partial charge is 0.412 e. The van der Waals surface area contributed by atoms with E-state index in [4.69, 9.17) is 0 Å². The van der Waals surface area contributed by atoms with Crippen molar-refractivity contribution in [1.82, 2.24) is 0 Å². The molecule has 0 bridgehead atoms. The van der Waals surface area contributed by atoms with Crippen molar-refractivity contribution in [3.8, 4) is 0 Å². The average Bonchev–Trinajstić information content (AvgIpc) is 0. The minimum Gasteiger partial charge on any atom is -0.412 e. The molecule has 0 amide bonds. The molecule has 72 N–H and O–H groups in total. The molecule has 0 atom stereocenters. The third-order valence-electron chi connectivity index (χ3n) is 0. The standard InChI is InChI=1S/29Al.36H2O/h;;;;;;;;;;;;;;;;;;;;;;;;;;;;;36*1H2/q29*+3;;;;;;;;;;;;;;;;;;;;;;;;;;;;;;;;;;;;. The van der Waals surface area contributed by atoms with Crippen LogP contribution in [-0.4, -0.2) is 701 Å². The number of hydrogen-bond donors (Lipinski definition) is 0. The summed E-state index contributed by atoms with van der Waals surface area (Å²) in [7, 11) is 0. The predicted molar refractivity (Wildman–Crippen MR) is 297 cm³/mol. The van der Waals surface area contributed by atoms with Crippen LogP contribution >= 0.6 is 0 Å². The van der Waals surface area contributed by atoms with E-state index in [1.165, 1.54) is 0 Å². The Labute approximate surface area is 688 Å². The molecule has 288 valence electrons. The van der Waals surface area contributed by atoms with Gasteiger partial charge in [0.1, 0.15) is 0 Å². The second-order valence-electron chi connectivity index (χ2n) is 0.